The number of aromatic nitrogens is 4. The molecule has 0 aliphatic rings. The lowest BCUT2D eigenvalue weighted by molar-refractivity contribution is 0.00394. The molecule has 0 saturated carbocycles. The molecule has 2 aromatic carbocycles. The van der Waals surface area contributed by atoms with Gasteiger partial charge in [-0.05, 0) is 36.4 Å². The van der Waals surface area contributed by atoms with Crippen molar-refractivity contribution in [2.24, 2.45) is 14.1 Å². The van der Waals surface area contributed by atoms with Crippen LogP contribution in [-0.2, 0) is 14.1 Å². The van der Waals surface area contributed by atoms with Crippen molar-refractivity contribution in [2.45, 2.75) is 12.2 Å². The van der Waals surface area contributed by atoms with E-state index >= 15 is 0 Å². The summed E-state index contributed by atoms with van der Waals surface area (Å²) in [6.07, 6.45) is -2.51. The Kier molecular flexibility index (Phi) is 4.16. The number of benzene rings is 2. The molecule has 134 valence electrons. The van der Waals surface area contributed by atoms with E-state index in [4.69, 9.17) is 23.2 Å². The molecule has 2 heterocycles. The number of aryl methyl sites for hydroxylation is 2. The number of halogens is 2. The van der Waals surface area contributed by atoms with Gasteiger partial charge in [-0.3, -0.25) is 0 Å². The second kappa shape index (κ2) is 6.25. The predicted octanol–water partition coefficient (Wildman–Crippen LogP) is 3.53. The van der Waals surface area contributed by atoms with Crippen LogP contribution in [0.2, 0.25) is 10.0 Å². The van der Waals surface area contributed by atoms with Crippen LogP contribution in [0.15, 0.2) is 36.4 Å². The molecular weight excluding hydrogens is 375 g/mol. The van der Waals surface area contributed by atoms with Gasteiger partial charge in [-0.1, -0.05) is 23.2 Å². The van der Waals surface area contributed by atoms with Crippen molar-refractivity contribution in [3.63, 3.8) is 0 Å². The summed E-state index contributed by atoms with van der Waals surface area (Å²) in [5, 5.41) is 22.7. The lowest BCUT2D eigenvalue weighted by Crippen LogP contribution is -2.17. The molecule has 8 heteroatoms. The third-order valence-corrected chi connectivity index (χ3v) is 5.05. The van der Waals surface area contributed by atoms with Gasteiger partial charge in [0.1, 0.15) is 23.9 Å². The van der Waals surface area contributed by atoms with E-state index in [1.807, 2.05) is 0 Å². The van der Waals surface area contributed by atoms with Crippen LogP contribution in [0.5, 0.6) is 0 Å². The van der Waals surface area contributed by atoms with Crippen molar-refractivity contribution in [3.05, 3.63) is 58.1 Å². The van der Waals surface area contributed by atoms with Crippen molar-refractivity contribution in [3.8, 4) is 0 Å². The number of fused-ring (bicyclic) bond motifs is 2. The van der Waals surface area contributed by atoms with Crippen LogP contribution in [0.1, 0.15) is 23.9 Å². The monoisotopic (exact) mass is 390 g/mol. The number of aliphatic hydroxyl groups is 2. The number of hydrogen-bond acceptors (Lipinski definition) is 4. The molecule has 26 heavy (non-hydrogen) atoms. The number of aliphatic hydroxyl groups excluding tert-OH is 2. The molecule has 0 bridgehead atoms. The van der Waals surface area contributed by atoms with Crippen LogP contribution in [0.3, 0.4) is 0 Å². The molecule has 2 aromatic heterocycles. The first kappa shape index (κ1) is 17.3. The lowest BCUT2D eigenvalue weighted by atomic mass is 10.2. The van der Waals surface area contributed by atoms with E-state index in [9.17, 15) is 10.2 Å². The van der Waals surface area contributed by atoms with Crippen molar-refractivity contribution < 1.29 is 10.2 Å². The molecule has 0 aliphatic carbocycles. The molecule has 0 fully saturated rings. The lowest BCUT2D eigenvalue weighted by Gasteiger charge is -2.17. The second-order valence-electron chi connectivity index (χ2n) is 6.21. The van der Waals surface area contributed by atoms with Crippen molar-refractivity contribution >= 4 is 45.3 Å². The van der Waals surface area contributed by atoms with Gasteiger partial charge in [-0.15, -0.1) is 0 Å². The van der Waals surface area contributed by atoms with Crippen LogP contribution in [0.25, 0.3) is 22.1 Å². The summed E-state index contributed by atoms with van der Waals surface area (Å²) in [5.74, 6) is 0.666. The maximum Gasteiger partial charge on any atom is 0.145 e. The minimum Gasteiger partial charge on any atom is -0.382 e. The molecule has 0 saturated heterocycles. The summed E-state index contributed by atoms with van der Waals surface area (Å²) in [7, 11) is 3.54. The number of rotatable bonds is 3. The topological polar surface area (TPSA) is 76.1 Å². The van der Waals surface area contributed by atoms with E-state index < -0.39 is 12.2 Å². The molecule has 0 radical (unpaired) electrons. The van der Waals surface area contributed by atoms with Crippen LogP contribution >= 0.6 is 23.2 Å². The molecule has 4 rings (SSSR count). The van der Waals surface area contributed by atoms with Gasteiger partial charge in [-0.2, -0.15) is 0 Å². The summed E-state index contributed by atoms with van der Waals surface area (Å²) >= 11 is 12.1. The third kappa shape index (κ3) is 2.66. The van der Waals surface area contributed by atoms with Gasteiger partial charge in [0.2, 0.25) is 0 Å². The molecule has 0 unspecified atom stereocenters. The van der Waals surface area contributed by atoms with Crippen LogP contribution in [-0.4, -0.2) is 29.3 Å². The average Bonchev–Trinajstić information content (AvgIpc) is 3.12. The molecule has 0 aliphatic heterocycles. The van der Waals surface area contributed by atoms with Crippen LogP contribution < -0.4 is 0 Å². The summed E-state index contributed by atoms with van der Waals surface area (Å²) < 4.78 is 3.43. The highest BCUT2D eigenvalue weighted by Gasteiger charge is 2.29. The average molecular weight is 391 g/mol. The summed E-state index contributed by atoms with van der Waals surface area (Å²) in [6.45, 7) is 0. The third-order valence-electron chi connectivity index (χ3n) is 4.58. The quantitative estimate of drug-likeness (QED) is 0.560. The molecular formula is C18H16Cl2N4O2. The van der Waals surface area contributed by atoms with Crippen molar-refractivity contribution in [1.82, 2.24) is 19.1 Å². The van der Waals surface area contributed by atoms with Gasteiger partial charge in [0.25, 0.3) is 0 Å². The first-order valence-corrected chi connectivity index (χ1v) is 8.72. The van der Waals surface area contributed by atoms with E-state index in [1.54, 1.807) is 59.6 Å². The zero-order valence-electron chi connectivity index (χ0n) is 14.1. The summed E-state index contributed by atoms with van der Waals surface area (Å²) in [6, 6.07) is 10.6. The highest BCUT2D eigenvalue weighted by Crippen LogP contribution is 2.32. The molecule has 4 aromatic rings. The van der Waals surface area contributed by atoms with E-state index in [-0.39, 0.29) is 0 Å². The molecule has 2 atom stereocenters. The van der Waals surface area contributed by atoms with Gasteiger partial charge in [-0.25, -0.2) is 9.97 Å². The summed E-state index contributed by atoms with van der Waals surface area (Å²) in [5.41, 5.74) is 2.93. The first-order chi connectivity index (χ1) is 12.4. The highest BCUT2D eigenvalue weighted by atomic mass is 35.5. The van der Waals surface area contributed by atoms with Crippen molar-refractivity contribution in [1.29, 1.82) is 0 Å². The van der Waals surface area contributed by atoms with Crippen molar-refractivity contribution in [2.75, 3.05) is 0 Å². The van der Waals surface area contributed by atoms with Gasteiger partial charge in [0.15, 0.2) is 0 Å². The number of hydrogen-bond donors (Lipinski definition) is 2. The van der Waals surface area contributed by atoms with Crippen LogP contribution in [0, 0.1) is 0 Å². The first-order valence-electron chi connectivity index (χ1n) is 7.96. The molecule has 0 spiro atoms. The van der Waals surface area contributed by atoms with Crippen LogP contribution in [0.4, 0.5) is 0 Å². The van der Waals surface area contributed by atoms with E-state index in [2.05, 4.69) is 9.97 Å². The van der Waals surface area contributed by atoms with Gasteiger partial charge in [0, 0.05) is 24.1 Å². The zero-order chi connectivity index (χ0) is 18.6. The number of nitrogens with zero attached hydrogens (tertiary/aromatic N) is 4. The Morgan fingerprint density at radius 1 is 0.769 bits per heavy atom. The fourth-order valence-electron chi connectivity index (χ4n) is 3.17. The fraction of sp³-hybridized carbons (Fsp3) is 0.222. The largest absolute Gasteiger partial charge is 0.382 e. The zero-order valence-corrected chi connectivity index (χ0v) is 15.6. The Labute approximate surface area is 159 Å². The summed E-state index contributed by atoms with van der Waals surface area (Å²) in [4.78, 5) is 8.87. The number of imidazole rings is 2. The second-order valence-corrected chi connectivity index (χ2v) is 7.09. The maximum atomic E-state index is 10.8. The van der Waals surface area contributed by atoms with Gasteiger partial charge in [0.05, 0.1) is 22.1 Å². The van der Waals surface area contributed by atoms with E-state index in [0.29, 0.717) is 32.7 Å². The highest BCUT2D eigenvalue weighted by molar-refractivity contribution is 6.31. The SMILES string of the molecule is Cn1c([C@H](O)[C@@H](O)c2nc3ccc(Cl)cc3n2C)nc2ccc(Cl)cc21. The minimum absolute atomic E-state index is 0.333. The molecule has 2 N–H and O–H groups in total. The molecule has 0 amide bonds. The van der Waals surface area contributed by atoms with Gasteiger partial charge >= 0.3 is 0 Å². The minimum atomic E-state index is -1.25. The fourth-order valence-corrected chi connectivity index (χ4v) is 3.51. The Bertz CT molecular complexity index is 1050. The Balaban J connectivity index is 1.78. The molecule has 6 nitrogen and oxygen atoms in total. The Hall–Kier alpha value is -2.12. The van der Waals surface area contributed by atoms with E-state index in [0.717, 1.165) is 11.0 Å². The standard InChI is InChI=1S/C18H16Cl2N4O2/c1-23-13-7-9(19)3-5-11(13)21-17(23)15(25)16(26)18-22-12-6-4-10(20)8-14(12)24(18)2/h3-8,15-16,25-26H,1-2H3/t15-,16-/m1/s1. The smallest absolute Gasteiger partial charge is 0.145 e. The Morgan fingerprint density at radius 2 is 1.15 bits per heavy atom. The predicted molar refractivity (Wildman–Crippen MR) is 101 cm³/mol. The maximum absolute atomic E-state index is 10.8. The Morgan fingerprint density at radius 3 is 1.54 bits per heavy atom. The normalized spacial score (nSPS) is 14.2. The van der Waals surface area contributed by atoms with E-state index in [1.165, 1.54) is 0 Å². The van der Waals surface area contributed by atoms with Gasteiger partial charge < -0.3 is 19.3 Å².